The van der Waals surface area contributed by atoms with E-state index in [1.165, 1.54) is 18.2 Å². The number of carboxylic acids is 1. The van der Waals surface area contributed by atoms with E-state index in [4.69, 9.17) is 16.7 Å². The van der Waals surface area contributed by atoms with Crippen LogP contribution in [0.1, 0.15) is 44.8 Å². The minimum Gasteiger partial charge on any atom is -0.478 e. The molecule has 1 aliphatic carbocycles. The van der Waals surface area contributed by atoms with Crippen LogP contribution in [0.3, 0.4) is 0 Å². The number of aromatic nitrogens is 2. The molecule has 2 N–H and O–H groups in total. The summed E-state index contributed by atoms with van der Waals surface area (Å²) in [5.41, 5.74) is 2.31. The van der Waals surface area contributed by atoms with E-state index >= 15 is 0 Å². The highest BCUT2D eigenvalue weighted by atomic mass is 35.5. The third-order valence-electron chi connectivity index (χ3n) is 7.14. The third kappa shape index (κ3) is 4.89. The molecule has 0 unspecified atom stereocenters. The van der Waals surface area contributed by atoms with Crippen LogP contribution < -0.4 is 5.32 Å². The van der Waals surface area contributed by atoms with Gasteiger partial charge in [-0.2, -0.15) is 5.10 Å². The quantitative estimate of drug-likeness (QED) is 0.500. The van der Waals surface area contributed by atoms with E-state index in [2.05, 4.69) is 10.4 Å². The lowest BCUT2D eigenvalue weighted by Crippen LogP contribution is -2.43. The first-order valence-electron chi connectivity index (χ1n) is 11.8. The van der Waals surface area contributed by atoms with Crippen molar-refractivity contribution in [2.24, 2.45) is 0 Å². The van der Waals surface area contributed by atoms with Gasteiger partial charge in [0.15, 0.2) is 0 Å². The van der Waals surface area contributed by atoms with Gasteiger partial charge in [0.25, 0.3) is 5.91 Å². The average Bonchev–Trinajstić information content (AvgIpc) is 3.54. The number of rotatable bonds is 6. The van der Waals surface area contributed by atoms with Gasteiger partial charge in [0.1, 0.15) is 5.82 Å². The van der Waals surface area contributed by atoms with Crippen LogP contribution in [0, 0.1) is 5.82 Å². The standard InChI is InChI=1S/C26H25ClFN5O4/c1-31(26(8-9-26)13-16-2-4-17(5-3-16)24(35)36)23(34)19-14-29-33-11-10-32(15-22(19)33)25(37)30-18-6-7-21(28)20(27)12-18/h2-7,12,14H,8-11,13,15H2,1H3,(H,30,37)(H,35,36). The predicted molar refractivity (Wildman–Crippen MR) is 134 cm³/mol. The molecule has 37 heavy (non-hydrogen) atoms. The second-order valence-electron chi connectivity index (χ2n) is 9.48. The molecule has 192 valence electrons. The molecule has 0 spiro atoms. The Bertz CT molecular complexity index is 1390. The van der Waals surface area contributed by atoms with E-state index in [0.29, 0.717) is 36.5 Å². The SMILES string of the molecule is CN(C(=O)c1cnn2c1CN(C(=O)Nc1ccc(F)c(Cl)c1)CC2)C1(Cc2ccc(C(=O)O)cc2)CC1. The first kappa shape index (κ1) is 24.8. The van der Waals surface area contributed by atoms with Crippen molar-refractivity contribution in [3.8, 4) is 0 Å². The molecule has 0 radical (unpaired) electrons. The molecular weight excluding hydrogens is 501 g/mol. The summed E-state index contributed by atoms with van der Waals surface area (Å²) < 4.78 is 15.2. The van der Waals surface area contributed by atoms with Crippen LogP contribution in [-0.4, -0.2) is 61.7 Å². The minimum atomic E-state index is -0.977. The third-order valence-corrected chi connectivity index (χ3v) is 7.43. The fourth-order valence-electron chi connectivity index (χ4n) is 4.69. The van der Waals surface area contributed by atoms with Gasteiger partial charge in [0.2, 0.25) is 0 Å². The van der Waals surface area contributed by atoms with Gasteiger partial charge >= 0.3 is 12.0 Å². The Morgan fingerprint density at radius 3 is 2.54 bits per heavy atom. The maximum absolute atomic E-state index is 13.6. The number of fused-ring (bicyclic) bond motifs is 1. The summed E-state index contributed by atoms with van der Waals surface area (Å²) in [6, 6.07) is 10.3. The van der Waals surface area contributed by atoms with Crippen LogP contribution in [0.5, 0.6) is 0 Å². The van der Waals surface area contributed by atoms with Crippen LogP contribution in [0.15, 0.2) is 48.7 Å². The largest absolute Gasteiger partial charge is 0.478 e. The number of hydrogen-bond donors (Lipinski definition) is 2. The second kappa shape index (κ2) is 9.51. The van der Waals surface area contributed by atoms with E-state index in [0.717, 1.165) is 18.4 Å². The number of amides is 3. The first-order valence-corrected chi connectivity index (χ1v) is 12.2. The lowest BCUT2D eigenvalue weighted by Gasteiger charge is -2.31. The number of halogens is 2. The molecule has 3 aromatic rings. The smallest absolute Gasteiger partial charge is 0.335 e. The summed E-state index contributed by atoms with van der Waals surface area (Å²) in [6.07, 6.45) is 3.85. The number of urea groups is 1. The molecular formula is C26H25ClFN5O4. The Labute approximate surface area is 217 Å². The number of hydrogen-bond acceptors (Lipinski definition) is 4. The van der Waals surface area contributed by atoms with Gasteiger partial charge < -0.3 is 20.2 Å². The number of carbonyl (C=O) groups excluding carboxylic acids is 2. The van der Waals surface area contributed by atoms with Crippen LogP contribution in [0.2, 0.25) is 5.02 Å². The molecule has 11 heteroatoms. The molecule has 1 fully saturated rings. The average molecular weight is 526 g/mol. The van der Waals surface area contributed by atoms with Crippen LogP contribution >= 0.6 is 11.6 Å². The molecule has 0 saturated heterocycles. The second-order valence-corrected chi connectivity index (χ2v) is 9.88. The Balaban J connectivity index is 1.28. The number of aromatic carboxylic acids is 1. The zero-order valence-corrected chi connectivity index (χ0v) is 20.8. The highest BCUT2D eigenvalue weighted by Gasteiger charge is 2.49. The molecule has 0 atom stereocenters. The summed E-state index contributed by atoms with van der Waals surface area (Å²) in [4.78, 5) is 40.9. The Kier molecular flexibility index (Phi) is 6.36. The Morgan fingerprint density at radius 2 is 1.89 bits per heavy atom. The van der Waals surface area contributed by atoms with E-state index in [1.807, 2.05) is 0 Å². The van der Waals surface area contributed by atoms with E-state index in [1.54, 1.807) is 52.0 Å². The molecule has 3 amide bonds. The molecule has 1 aliphatic heterocycles. The molecule has 2 aliphatic rings. The number of benzene rings is 2. The van der Waals surface area contributed by atoms with Gasteiger partial charge in [-0.3, -0.25) is 9.48 Å². The number of likely N-dealkylation sites (N-methyl/N-ethyl adjacent to an activating group) is 1. The maximum atomic E-state index is 13.6. The van der Waals surface area contributed by atoms with Crippen molar-refractivity contribution in [2.75, 3.05) is 18.9 Å². The Hall–Kier alpha value is -3.92. The van der Waals surface area contributed by atoms with Crippen molar-refractivity contribution in [1.82, 2.24) is 19.6 Å². The Morgan fingerprint density at radius 1 is 1.16 bits per heavy atom. The molecule has 2 heterocycles. The van der Waals surface area contributed by atoms with Crippen molar-refractivity contribution in [1.29, 1.82) is 0 Å². The normalized spacial score (nSPS) is 15.6. The zero-order valence-electron chi connectivity index (χ0n) is 20.1. The summed E-state index contributed by atoms with van der Waals surface area (Å²) >= 11 is 5.82. The van der Waals surface area contributed by atoms with Crippen molar-refractivity contribution in [3.05, 3.63) is 81.9 Å². The molecule has 1 saturated carbocycles. The van der Waals surface area contributed by atoms with Gasteiger partial charge in [0, 0.05) is 24.8 Å². The number of anilines is 1. The van der Waals surface area contributed by atoms with Crippen LogP contribution in [-0.2, 0) is 19.5 Å². The highest BCUT2D eigenvalue weighted by molar-refractivity contribution is 6.31. The van der Waals surface area contributed by atoms with Gasteiger partial charge in [-0.15, -0.1) is 0 Å². The number of carboxylic acid groups (broad SMARTS) is 1. The topological polar surface area (TPSA) is 108 Å². The van der Waals surface area contributed by atoms with Crippen molar-refractivity contribution < 1.29 is 23.9 Å². The molecule has 2 aromatic carbocycles. The van der Waals surface area contributed by atoms with E-state index < -0.39 is 11.8 Å². The summed E-state index contributed by atoms with van der Waals surface area (Å²) in [6.45, 7) is 1.03. The predicted octanol–water partition coefficient (Wildman–Crippen LogP) is 4.27. The van der Waals surface area contributed by atoms with Gasteiger partial charge in [-0.25, -0.2) is 14.0 Å². The monoisotopic (exact) mass is 525 g/mol. The minimum absolute atomic E-state index is 0.0859. The lowest BCUT2D eigenvalue weighted by atomic mass is 10.0. The lowest BCUT2D eigenvalue weighted by molar-refractivity contribution is 0.0692. The zero-order chi connectivity index (χ0) is 26.3. The first-order chi connectivity index (χ1) is 17.7. The van der Waals surface area contributed by atoms with Crippen LogP contribution in [0.25, 0.3) is 0 Å². The number of nitrogens with one attached hydrogen (secondary N) is 1. The van der Waals surface area contributed by atoms with Crippen molar-refractivity contribution >= 4 is 35.2 Å². The molecule has 9 nitrogen and oxygen atoms in total. The summed E-state index contributed by atoms with van der Waals surface area (Å²) in [7, 11) is 1.77. The number of carbonyl (C=O) groups is 3. The maximum Gasteiger partial charge on any atom is 0.335 e. The van der Waals surface area contributed by atoms with E-state index in [9.17, 15) is 18.8 Å². The summed E-state index contributed by atoms with van der Waals surface area (Å²) in [5, 5.41) is 16.1. The van der Waals surface area contributed by atoms with Gasteiger partial charge in [-0.1, -0.05) is 23.7 Å². The van der Waals surface area contributed by atoms with Crippen molar-refractivity contribution in [3.63, 3.8) is 0 Å². The molecule has 0 bridgehead atoms. The molecule has 5 rings (SSSR count). The fourth-order valence-corrected chi connectivity index (χ4v) is 4.87. The number of nitrogens with zero attached hydrogens (tertiary/aromatic N) is 4. The summed E-state index contributed by atoms with van der Waals surface area (Å²) in [5.74, 6) is -1.72. The highest BCUT2D eigenvalue weighted by Crippen LogP contribution is 2.44. The van der Waals surface area contributed by atoms with Gasteiger partial charge in [-0.05, 0) is 55.2 Å². The van der Waals surface area contributed by atoms with Gasteiger partial charge in [0.05, 0.1) is 41.1 Å². The van der Waals surface area contributed by atoms with Crippen molar-refractivity contribution in [2.45, 2.75) is 37.9 Å². The fraction of sp³-hybridized carbons (Fsp3) is 0.308. The van der Waals surface area contributed by atoms with E-state index in [-0.39, 0.29) is 34.6 Å². The van der Waals surface area contributed by atoms with Crippen LogP contribution in [0.4, 0.5) is 14.9 Å². The molecule has 1 aromatic heterocycles.